The molecule has 0 aliphatic carbocycles. The van der Waals surface area contributed by atoms with Crippen molar-refractivity contribution in [2.75, 3.05) is 59.0 Å². The van der Waals surface area contributed by atoms with Crippen molar-refractivity contribution in [1.29, 1.82) is 0 Å². The summed E-state index contributed by atoms with van der Waals surface area (Å²) in [6.07, 6.45) is 2.72. The summed E-state index contributed by atoms with van der Waals surface area (Å²) in [5.41, 5.74) is 1.73. The monoisotopic (exact) mass is 528 g/mol. The van der Waals surface area contributed by atoms with Gasteiger partial charge in [-0.25, -0.2) is 18.4 Å². The molecule has 0 atom stereocenters. The number of nitrogens with zero attached hydrogens (tertiary/aromatic N) is 4. The Kier molecular flexibility index (Phi) is 7.91. The summed E-state index contributed by atoms with van der Waals surface area (Å²) in [4.78, 5) is 21.9. The van der Waals surface area contributed by atoms with Gasteiger partial charge in [0, 0.05) is 44.1 Å². The molecule has 1 aromatic heterocycles. The summed E-state index contributed by atoms with van der Waals surface area (Å²) in [6, 6.07) is 10.2. The number of aliphatic hydroxyl groups is 1. The van der Waals surface area contributed by atoms with E-state index in [0.29, 0.717) is 36.3 Å². The largest absolute Gasteiger partial charge is 0.493 e. The average molecular weight is 529 g/mol. The zero-order valence-corrected chi connectivity index (χ0v) is 21.6. The third kappa shape index (κ3) is 5.22. The molecular weight excluding hydrogens is 500 g/mol. The van der Waals surface area contributed by atoms with E-state index in [0.717, 1.165) is 11.1 Å². The van der Waals surface area contributed by atoms with E-state index < -0.39 is 22.4 Å². The maximum absolute atomic E-state index is 13.3. The second-order valence-electron chi connectivity index (χ2n) is 8.15. The predicted octanol–water partition coefficient (Wildman–Crippen LogP) is 1.86. The Morgan fingerprint density at radius 1 is 0.892 bits per heavy atom. The van der Waals surface area contributed by atoms with Crippen molar-refractivity contribution in [3.63, 3.8) is 0 Å². The third-order valence-electron chi connectivity index (χ3n) is 6.13. The number of hydrogen-bond donors (Lipinski definition) is 1. The highest BCUT2D eigenvalue weighted by Gasteiger charge is 2.29. The highest BCUT2D eigenvalue weighted by atomic mass is 32.2. The smallest absolute Gasteiger partial charge is 0.243 e. The molecule has 0 radical (unpaired) electrons. The number of sulfonamides is 1. The molecule has 0 unspecified atom stereocenters. The van der Waals surface area contributed by atoms with E-state index in [1.165, 1.54) is 30.9 Å². The van der Waals surface area contributed by atoms with Gasteiger partial charge in [-0.2, -0.15) is 4.31 Å². The van der Waals surface area contributed by atoms with Crippen LogP contribution in [0.2, 0.25) is 0 Å². The molecule has 196 valence electrons. The number of rotatable bonds is 9. The van der Waals surface area contributed by atoms with Gasteiger partial charge in [0.05, 0.1) is 31.8 Å². The lowest BCUT2D eigenvalue weighted by atomic mass is 10.0. The third-order valence-corrected chi connectivity index (χ3v) is 8.05. The number of ether oxygens (including phenoxy) is 3. The van der Waals surface area contributed by atoms with Crippen LogP contribution in [0.3, 0.4) is 0 Å². The van der Waals surface area contributed by atoms with E-state index in [1.807, 2.05) is 11.0 Å². The quantitative estimate of drug-likeness (QED) is 0.411. The predicted molar refractivity (Wildman–Crippen MR) is 136 cm³/mol. The van der Waals surface area contributed by atoms with Gasteiger partial charge in [-0.1, -0.05) is 12.1 Å². The summed E-state index contributed by atoms with van der Waals surface area (Å²) >= 11 is 0. The number of anilines is 1. The maximum Gasteiger partial charge on any atom is 0.243 e. The Labute approximate surface area is 215 Å². The van der Waals surface area contributed by atoms with E-state index in [-0.39, 0.29) is 23.5 Å². The molecule has 12 heteroatoms. The van der Waals surface area contributed by atoms with Crippen molar-refractivity contribution >= 4 is 21.8 Å². The zero-order valence-electron chi connectivity index (χ0n) is 20.7. The van der Waals surface area contributed by atoms with Crippen LogP contribution >= 0.6 is 0 Å². The number of carbonyl (C=O) groups excluding carboxylic acids is 1. The molecule has 1 N–H and O–H groups in total. The van der Waals surface area contributed by atoms with Crippen molar-refractivity contribution in [3.05, 3.63) is 54.4 Å². The van der Waals surface area contributed by atoms with Crippen molar-refractivity contribution in [2.24, 2.45) is 0 Å². The lowest BCUT2D eigenvalue weighted by molar-refractivity contribution is 0.0903. The first-order chi connectivity index (χ1) is 17.8. The van der Waals surface area contributed by atoms with Crippen molar-refractivity contribution in [2.45, 2.75) is 4.90 Å². The van der Waals surface area contributed by atoms with Crippen LogP contribution < -0.4 is 19.1 Å². The summed E-state index contributed by atoms with van der Waals surface area (Å²) in [7, 11) is 0.894. The number of benzene rings is 2. The van der Waals surface area contributed by atoms with Gasteiger partial charge in [0.25, 0.3) is 0 Å². The van der Waals surface area contributed by atoms with Crippen LogP contribution in [-0.4, -0.2) is 87.7 Å². The summed E-state index contributed by atoms with van der Waals surface area (Å²) in [5.74, 6) is 1.42. The van der Waals surface area contributed by atoms with Gasteiger partial charge >= 0.3 is 0 Å². The van der Waals surface area contributed by atoms with Gasteiger partial charge in [-0.05, 0) is 29.8 Å². The van der Waals surface area contributed by atoms with E-state index in [9.17, 15) is 13.2 Å². The number of methoxy groups -OCH3 is 3. The molecule has 4 rings (SSSR count). The van der Waals surface area contributed by atoms with E-state index in [4.69, 9.17) is 19.3 Å². The van der Waals surface area contributed by atoms with Gasteiger partial charge in [0.2, 0.25) is 21.7 Å². The molecule has 0 amide bonds. The summed E-state index contributed by atoms with van der Waals surface area (Å²) in [6.45, 7) is 0.700. The molecule has 3 aromatic rings. The molecule has 0 spiro atoms. The minimum atomic E-state index is -3.71. The van der Waals surface area contributed by atoms with Crippen LogP contribution in [0.4, 0.5) is 5.95 Å². The normalized spacial score (nSPS) is 14.3. The fourth-order valence-corrected chi connectivity index (χ4v) is 5.55. The SMILES string of the molecule is COc1ccc(-c2ccc(S(=O)(=O)N3CCN(c4ncc(C(=O)CO)cn4)CC3)cc2)c(OC)c1OC. The Balaban J connectivity index is 1.48. The second kappa shape index (κ2) is 11.1. The minimum Gasteiger partial charge on any atom is -0.493 e. The maximum atomic E-state index is 13.3. The standard InChI is InChI=1S/C25H28N4O7S/c1-34-22-9-8-20(23(35-2)24(22)36-3)17-4-6-19(7-5-17)37(32,33)29-12-10-28(11-13-29)25-26-14-18(15-27-25)21(31)16-30/h4-9,14-15,30H,10-13,16H2,1-3H3. The van der Waals surface area contributed by atoms with Crippen LogP contribution in [0.15, 0.2) is 53.7 Å². The number of carbonyl (C=O) groups is 1. The van der Waals surface area contributed by atoms with Crippen molar-refractivity contribution in [1.82, 2.24) is 14.3 Å². The zero-order chi connectivity index (χ0) is 26.6. The van der Waals surface area contributed by atoms with Gasteiger partial charge in [0.1, 0.15) is 6.61 Å². The van der Waals surface area contributed by atoms with E-state index in [2.05, 4.69) is 9.97 Å². The van der Waals surface area contributed by atoms with E-state index >= 15 is 0 Å². The highest BCUT2D eigenvalue weighted by Crippen LogP contribution is 2.44. The topological polar surface area (TPSA) is 131 Å². The molecule has 1 aliphatic heterocycles. The number of ketones is 1. The fraction of sp³-hybridized carbons (Fsp3) is 0.320. The van der Waals surface area contributed by atoms with Crippen LogP contribution in [0.25, 0.3) is 11.1 Å². The van der Waals surface area contributed by atoms with Gasteiger partial charge in [0.15, 0.2) is 17.3 Å². The van der Waals surface area contributed by atoms with Gasteiger partial charge in [-0.15, -0.1) is 0 Å². The van der Waals surface area contributed by atoms with Crippen LogP contribution in [-0.2, 0) is 10.0 Å². The van der Waals surface area contributed by atoms with Crippen LogP contribution in [0.1, 0.15) is 10.4 Å². The molecule has 37 heavy (non-hydrogen) atoms. The summed E-state index contributed by atoms with van der Waals surface area (Å²) < 4.78 is 44.3. The Bertz CT molecular complexity index is 1360. The van der Waals surface area contributed by atoms with Crippen LogP contribution in [0.5, 0.6) is 17.2 Å². The lowest BCUT2D eigenvalue weighted by Crippen LogP contribution is -2.49. The number of aliphatic hydroxyl groups excluding tert-OH is 1. The number of aromatic nitrogens is 2. The van der Waals surface area contributed by atoms with Crippen molar-refractivity contribution < 1.29 is 32.5 Å². The number of piperazine rings is 1. The molecule has 2 aromatic carbocycles. The molecule has 2 heterocycles. The molecule has 1 saturated heterocycles. The first kappa shape index (κ1) is 26.3. The summed E-state index contributed by atoms with van der Waals surface area (Å²) in [5, 5.41) is 8.95. The van der Waals surface area contributed by atoms with Gasteiger partial charge < -0.3 is 24.2 Å². The molecule has 1 fully saturated rings. The Hall–Kier alpha value is -3.74. The molecular formula is C25H28N4O7S. The minimum absolute atomic E-state index is 0.187. The molecule has 0 bridgehead atoms. The second-order valence-corrected chi connectivity index (χ2v) is 10.1. The Morgan fingerprint density at radius 3 is 2.05 bits per heavy atom. The van der Waals surface area contributed by atoms with Crippen molar-refractivity contribution in [3.8, 4) is 28.4 Å². The highest BCUT2D eigenvalue weighted by molar-refractivity contribution is 7.89. The average Bonchev–Trinajstić information content (AvgIpc) is 2.96. The number of hydrogen-bond acceptors (Lipinski definition) is 10. The first-order valence-corrected chi connectivity index (χ1v) is 12.9. The first-order valence-electron chi connectivity index (χ1n) is 11.4. The number of Topliss-reactive ketones (excluding diaryl/α,β-unsaturated/α-hetero) is 1. The fourth-order valence-electron chi connectivity index (χ4n) is 4.13. The van der Waals surface area contributed by atoms with Gasteiger partial charge in [-0.3, -0.25) is 4.79 Å². The van der Waals surface area contributed by atoms with Crippen LogP contribution in [0, 0.1) is 0 Å². The van der Waals surface area contributed by atoms with E-state index in [1.54, 1.807) is 37.4 Å². The molecule has 1 aliphatic rings. The lowest BCUT2D eigenvalue weighted by Gasteiger charge is -2.34. The Morgan fingerprint density at radius 2 is 1.51 bits per heavy atom. The molecule has 11 nitrogen and oxygen atoms in total. The molecule has 0 saturated carbocycles.